The monoisotopic (exact) mass is 273 g/mol. The third-order valence-corrected chi connectivity index (χ3v) is 3.85. The Morgan fingerprint density at radius 3 is 2.33 bits per heavy atom. The standard InChI is InChI=1S/C18H15N3/c1-12-18-17(15-10-6-7-11-16(15)19-12)20-13(2)21(18)14-8-4-3-5-9-14/h3-11H,1-2H3. The van der Waals surface area contributed by atoms with E-state index in [-0.39, 0.29) is 0 Å². The normalized spacial score (nSPS) is 11.3. The quantitative estimate of drug-likeness (QED) is 0.520. The predicted octanol–water partition coefficient (Wildman–Crippen LogP) is 4.19. The number of aromatic nitrogens is 3. The third-order valence-electron chi connectivity index (χ3n) is 3.85. The van der Waals surface area contributed by atoms with Crippen molar-refractivity contribution in [2.75, 3.05) is 0 Å². The Labute approximate surface area is 122 Å². The zero-order chi connectivity index (χ0) is 14.4. The zero-order valence-electron chi connectivity index (χ0n) is 12.0. The predicted molar refractivity (Wildman–Crippen MR) is 85.8 cm³/mol. The van der Waals surface area contributed by atoms with E-state index in [9.17, 15) is 0 Å². The van der Waals surface area contributed by atoms with Crippen LogP contribution in [0.3, 0.4) is 0 Å². The second-order valence-electron chi connectivity index (χ2n) is 5.24. The van der Waals surface area contributed by atoms with Gasteiger partial charge >= 0.3 is 0 Å². The molecule has 0 saturated heterocycles. The first-order valence-electron chi connectivity index (χ1n) is 7.05. The average Bonchev–Trinajstić information content (AvgIpc) is 2.86. The molecule has 0 amide bonds. The first kappa shape index (κ1) is 12.1. The van der Waals surface area contributed by atoms with Gasteiger partial charge in [-0.2, -0.15) is 0 Å². The fourth-order valence-corrected chi connectivity index (χ4v) is 2.95. The Bertz CT molecular complexity index is 952. The number of rotatable bonds is 1. The fourth-order valence-electron chi connectivity index (χ4n) is 2.95. The van der Waals surface area contributed by atoms with Crippen molar-refractivity contribution < 1.29 is 0 Å². The van der Waals surface area contributed by atoms with Crippen molar-refractivity contribution in [2.45, 2.75) is 13.8 Å². The molecule has 0 spiro atoms. The Hall–Kier alpha value is -2.68. The number of hydrogen-bond acceptors (Lipinski definition) is 2. The maximum atomic E-state index is 4.80. The molecule has 0 unspecified atom stereocenters. The molecule has 0 atom stereocenters. The molecule has 0 N–H and O–H groups in total. The number of imidazole rings is 1. The molecule has 2 heterocycles. The molecule has 4 rings (SSSR count). The molecule has 3 nitrogen and oxygen atoms in total. The number of para-hydroxylation sites is 2. The largest absolute Gasteiger partial charge is 0.295 e. The van der Waals surface area contributed by atoms with Crippen LogP contribution in [0.4, 0.5) is 0 Å². The third kappa shape index (κ3) is 1.74. The van der Waals surface area contributed by atoms with Crippen molar-refractivity contribution in [3.8, 4) is 5.69 Å². The van der Waals surface area contributed by atoms with Crippen molar-refractivity contribution in [1.29, 1.82) is 0 Å². The van der Waals surface area contributed by atoms with E-state index in [1.165, 1.54) is 0 Å². The molecule has 0 aliphatic carbocycles. The van der Waals surface area contributed by atoms with Gasteiger partial charge in [0.05, 0.1) is 16.7 Å². The van der Waals surface area contributed by atoms with Crippen LogP contribution in [0.5, 0.6) is 0 Å². The highest BCUT2D eigenvalue weighted by atomic mass is 15.1. The van der Waals surface area contributed by atoms with Crippen molar-refractivity contribution in [2.24, 2.45) is 0 Å². The zero-order valence-corrected chi connectivity index (χ0v) is 12.0. The molecule has 0 fully saturated rings. The number of fused-ring (bicyclic) bond motifs is 3. The van der Waals surface area contributed by atoms with E-state index in [0.29, 0.717) is 0 Å². The van der Waals surface area contributed by atoms with E-state index in [2.05, 4.69) is 29.7 Å². The van der Waals surface area contributed by atoms with Gasteiger partial charge < -0.3 is 0 Å². The van der Waals surface area contributed by atoms with Gasteiger partial charge in [0.15, 0.2) is 0 Å². The molecule has 0 saturated carbocycles. The highest BCUT2D eigenvalue weighted by Crippen LogP contribution is 2.28. The van der Waals surface area contributed by atoms with E-state index in [4.69, 9.17) is 9.97 Å². The van der Waals surface area contributed by atoms with Crippen LogP contribution in [-0.2, 0) is 0 Å². The molecule has 4 aromatic rings. The summed E-state index contributed by atoms with van der Waals surface area (Å²) in [7, 11) is 0. The molecule has 0 aliphatic rings. The van der Waals surface area contributed by atoms with Crippen molar-refractivity contribution >= 4 is 21.9 Å². The summed E-state index contributed by atoms with van der Waals surface area (Å²) in [6.45, 7) is 4.09. The summed E-state index contributed by atoms with van der Waals surface area (Å²) in [6.07, 6.45) is 0. The van der Waals surface area contributed by atoms with E-state index in [1.807, 2.05) is 43.3 Å². The van der Waals surface area contributed by atoms with Crippen LogP contribution >= 0.6 is 0 Å². The van der Waals surface area contributed by atoms with Crippen LogP contribution in [0.25, 0.3) is 27.6 Å². The molecule has 3 heteroatoms. The Kier molecular flexibility index (Phi) is 2.54. The number of hydrogen-bond donors (Lipinski definition) is 0. The lowest BCUT2D eigenvalue weighted by Gasteiger charge is -2.08. The average molecular weight is 273 g/mol. The molecule has 102 valence electrons. The summed E-state index contributed by atoms with van der Waals surface area (Å²) in [5.41, 5.74) is 5.25. The number of nitrogens with zero attached hydrogens (tertiary/aromatic N) is 3. The summed E-state index contributed by atoms with van der Waals surface area (Å²) in [6, 6.07) is 18.5. The van der Waals surface area contributed by atoms with Gasteiger partial charge in [0.25, 0.3) is 0 Å². The van der Waals surface area contributed by atoms with Gasteiger partial charge in [-0.3, -0.25) is 9.55 Å². The second-order valence-corrected chi connectivity index (χ2v) is 5.24. The highest BCUT2D eigenvalue weighted by Gasteiger charge is 2.15. The Morgan fingerprint density at radius 2 is 1.52 bits per heavy atom. The van der Waals surface area contributed by atoms with E-state index < -0.39 is 0 Å². The van der Waals surface area contributed by atoms with Gasteiger partial charge in [-0.1, -0.05) is 36.4 Å². The summed E-state index contributed by atoms with van der Waals surface area (Å²) >= 11 is 0. The first-order chi connectivity index (χ1) is 10.3. The molecule has 0 bridgehead atoms. The summed E-state index contributed by atoms with van der Waals surface area (Å²) < 4.78 is 2.18. The van der Waals surface area contributed by atoms with Crippen LogP contribution in [0, 0.1) is 13.8 Å². The fraction of sp³-hybridized carbons (Fsp3) is 0.111. The SMILES string of the molecule is Cc1nc2ccccc2c2nc(C)n(-c3ccccc3)c12. The van der Waals surface area contributed by atoms with Crippen LogP contribution in [0.1, 0.15) is 11.5 Å². The summed E-state index contributed by atoms with van der Waals surface area (Å²) in [5.74, 6) is 0.984. The lowest BCUT2D eigenvalue weighted by molar-refractivity contribution is 0.994. The molecular weight excluding hydrogens is 258 g/mol. The van der Waals surface area contributed by atoms with Crippen LogP contribution in [0.15, 0.2) is 54.6 Å². The summed E-state index contributed by atoms with van der Waals surface area (Å²) in [4.78, 5) is 9.54. The lowest BCUT2D eigenvalue weighted by Crippen LogP contribution is -1.98. The molecule has 2 aromatic heterocycles. The molecule has 21 heavy (non-hydrogen) atoms. The van der Waals surface area contributed by atoms with Gasteiger partial charge in [-0.25, -0.2) is 4.98 Å². The lowest BCUT2D eigenvalue weighted by atomic mass is 10.1. The maximum Gasteiger partial charge on any atom is 0.111 e. The maximum absolute atomic E-state index is 4.80. The molecule has 2 aromatic carbocycles. The second kappa shape index (κ2) is 4.42. The Balaban J connectivity index is 2.19. The molecular formula is C18H15N3. The highest BCUT2D eigenvalue weighted by molar-refractivity contribution is 6.03. The van der Waals surface area contributed by atoms with Crippen molar-refractivity contribution in [1.82, 2.24) is 14.5 Å². The topological polar surface area (TPSA) is 30.7 Å². The Morgan fingerprint density at radius 1 is 0.810 bits per heavy atom. The molecule has 0 radical (unpaired) electrons. The summed E-state index contributed by atoms with van der Waals surface area (Å²) in [5, 5.41) is 1.11. The van der Waals surface area contributed by atoms with Crippen LogP contribution < -0.4 is 0 Å². The van der Waals surface area contributed by atoms with E-state index >= 15 is 0 Å². The van der Waals surface area contributed by atoms with Gasteiger partial charge in [-0.15, -0.1) is 0 Å². The first-order valence-corrected chi connectivity index (χ1v) is 7.05. The van der Waals surface area contributed by atoms with Crippen molar-refractivity contribution in [3.63, 3.8) is 0 Å². The smallest absolute Gasteiger partial charge is 0.111 e. The minimum Gasteiger partial charge on any atom is -0.295 e. The molecule has 0 aliphatic heterocycles. The van der Waals surface area contributed by atoms with Crippen LogP contribution in [0.2, 0.25) is 0 Å². The van der Waals surface area contributed by atoms with Crippen LogP contribution in [-0.4, -0.2) is 14.5 Å². The number of aryl methyl sites for hydroxylation is 2. The van der Waals surface area contributed by atoms with Crippen molar-refractivity contribution in [3.05, 3.63) is 66.1 Å². The number of benzene rings is 2. The van der Waals surface area contributed by atoms with Gasteiger partial charge in [0.2, 0.25) is 0 Å². The number of pyridine rings is 1. The van der Waals surface area contributed by atoms with E-state index in [1.54, 1.807) is 0 Å². The van der Waals surface area contributed by atoms with Gasteiger partial charge in [0, 0.05) is 11.1 Å². The van der Waals surface area contributed by atoms with Gasteiger partial charge in [-0.05, 0) is 32.0 Å². The van der Waals surface area contributed by atoms with Gasteiger partial charge in [0.1, 0.15) is 11.3 Å². The minimum atomic E-state index is 0.984. The minimum absolute atomic E-state index is 0.984. The van der Waals surface area contributed by atoms with E-state index in [0.717, 1.165) is 39.1 Å².